The Morgan fingerprint density at radius 3 is 2.53 bits per heavy atom. The zero-order valence-corrected chi connectivity index (χ0v) is 10.5. The highest BCUT2D eigenvalue weighted by Crippen LogP contribution is 2.47. The maximum atomic E-state index is 11.9. The van der Waals surface area contributed by atoms with Crippen molar-refractivity contribution in [1.29, 1.82) is 0 Å². The molecule has 3 rings (SSSR count). The second-order valence-corrected chi connectivity index (χ2v) is 6.33. The first-order valence-corrected chi connectivity index (χ1v) is 6.59. The molecule has 3 atom stereocenters. The Morgan fingerprint density at radius 1 is 1.29 bits per heavy atom. The standard InChI is InChI=1S/C13H20N2O2/c1-13(2)4-3-5-14-10(13)7-15-11(16)8-6-9(8)12(15)17/h8-10,14H,3-7H2,1-2H3. The van der Waals surface area contributed by atoms with E-state index in [0.29, 0.717) is 6.54 Å². The third-order valence-electron chi connectivity index (χ3n) is 4.65. The first-order chi connectivity index (χ1) is 8.00. The van der Waals surface area contributed by atoms with Crippen LogP contribution in [0.5, 0.6) is 0 Å². The molecule has 2 aliphatic heterocycles. The molecule has 0 spiro atoms. The minimum Gasteiger partial charge on any atom is -0.312 e. The molecule has 1 saturated carbocycles. The van der Waals surface area contributed by atoms with E-state index in [0.717, 1.165) is 19.4 Å². The van der Waals surface area contributed by atoms with Crippen molar-refractivity contribution in [1.82, 2.24) is 10.2 Å². The fourth-order valence-electron chi connectivity index (χ4n) is 3.19. The highest BCUT2D eigenvalue weighted by molar-refractivity contribution is 6.08. The maximum Gasteiger partial charge on any atom is 0.233 e. The Hall–Kier alpha value is -0.900. The summed E-state index contributed by atoms with van der Waals surface area (Å²) in [6, 6.07) is 0.252. The van der Waals surface area contributed by atoms with Crippen LogP contribution < -0.4 is 5.32 Å². The zero-order valence-electron chi connectivity index (χ0n) is 10.5. The second kappa shape index (κ2) is 3.55. The van der Waals surface area contributed by atoms with Crippen molar-refractivity contribution in [3.05, 3.63) is 0 Å². The Balaban J connectivity index is 1.70. The number of imide groups is 1. The average molecular weight is 236 g/mol. The summed E-state index contributed by atoms with van der Waals surface area (Å²) >= 11 is 0. The molecule has 4 heteroatoms. The summed E-state index contributed by atoms with van der Waals surface area (Å²) in [6.07, 6.45) is 3.14. The number of carbonyl (C=O) groups is 2. The van der Waals surface area contributed by atoms with Gasteiger partial charge in [0.2, 0.25) is 11.8 Å². The lowest BCUT2D eigenvalue weighted by Gasteiger charge is -2.41. The molecule has 1 aliphatic carbocycles. The van der Waals surface area contributed by atoms with E-state index in [9.17, 15) is 9.59 Å². The van der Waals surface area contributed by atoms with Crippen LogP contribution in [0, 0.1) is 17.3 Å². The quantitative estimate of drug-likeness (QED) is 0.720. The highest BCUT2D eigenvalue weighted by atomic mass is 16.2. The molecule has 2 heterocycles. The summed E-state index contributed by atoms with van der Waals surface area (Å²) in [6.45, 7) is 6.00. The monoisotopic (exact) mass is 236 g/mol. The van der Waals surface area contributed by atoms with Crippen molar-refractivity contribution in [2.75, 3.05) is 13.1 Å². The molecule has 17 heavy (non-hydrogen) atoms. The number of nitrogens with zero attached hydrogens (tertiary/aromatic N) is 1. The van der Waals surface area contributed by atoms with Crippen molar-refractivity contribution >= 4 is 11.8 Å². The molecule has 4 nitrogen and oxygen atoms in total. The van der Waals surface area contributed by atoms with Crippen LogP contribution in [0.25, 0.3) is 0 Å². The Bertz CT molecular complexity index is 358. The van der Waals surface area contributed by atoms with Crippen molar-refractivity contribution in [3.8, 4) is 0 Å². The fraction of sp³-hybridized carbons (Fsp3) is 0.846. The van der Waals surface area contributed by atoms with Crippen molar-refractivity contribution in [3.63, 3.8) is 0 Å². The lowest BCUT2D eigenvalue weighted by atomic mass is 9.77. The Kier molecular flexibility index (Phi) is 2.34. The van der Waals surface area contributed by atoms with E-state index in [1.165, 1.54) is 11.3 Å². The van der Waals surface area contributed by atoms with Gasteiger partial charge in [-0.05, 0) is 31.2 Å². The molecule has 1 N–H and O–H groups in total. The van der Waals surface area contributed by atoms with E-state index >= 15 is 0 Å². The predicted octanol–water partition coefficient (Wildman–Crippen LogP) is 0.769. The minimum atomic E-state index is 0.0363. The maximum absolute atomic E-state index is 11.9. The average Bonchev–Trinajstić information content (AvgIpc) is 3.01. The van der Waals surface area contributed by atoms with Crippen molar-refractivity contribution in [2.45, 2.75) is 39.2 Å². The molecule has 94 valence electrons. The molecular weight excluding hydrogens is 216 g/mol. The van der Waals surface area contributed by atoms with Crippen LogP contribution in [0.4, 0.5) is 0 Å². The summed E-state index contributed by atoms with van der Waals surface area (Å²) in [5.41, 5.74) is 0.172. The number of piperidine rings is 2. The van der Waals surface area contributed by atoms with Gasteiger partial charge in [-0.1, -0.05) is 13.8 Å². The van der Waals surface area contributed by atoms with Crippen LogP contribution in [0.1, 0.15) is 33.1 Å². The van der Waals surface area contributed by atoms with E-state index in [1.54, 1.807) is 0 Å². The summed E-state index contributed by atoms with van der Waals surface area (Å²) in [4.78, 5) is 25.3. The van der Waals surface area contributed by atoms with E-state index in [-0.39, 0.29) is 35.1 Å². The summed E-state index contributed by atoms with van der Waals surface area (Å²) in [7, 11) is 0. The summed E-state index contributed by atoms with van der Waals surface area (Å²) in [5.74, 6) is 0.217. The van der Waals surface area contributed by atoms with Gasteiger partial charge in [-0.25, -0.2) is 0 Å². The fourth-order valence-corrected chi connectivity index (χ4v) is 3.19. The smallest absolute Gasteiger partial charge is 0.233 e. The minimum absolute atomic E-state index is 0.0363. The number of carbonyl (C=O) groups excluding carboxylic acids is 2. The molecule has 3 fully saturated rings. The number of amides is 2. The van der Waals surface area contributed by atoms with Crippen LogP contribution in [0.2, 0.25) is 0 Å². The van der Waals surface area contributed by atoms with E-state index in [2.05, 4.69) is 19.2 Å². The predicted molar refractivity (Wildman–Crippen MR) is 63.1 cm³/mol. The normalized spacial score (nSPS) is 39.4. The van der Waals surface area contributed by atoms with Gasteiger partial charge in [-0.2, -0.15) is 0 Å². The molecule has 3 unspecified atom stereocenters. The zero-order chi connectivity index (χ0) is 12.2. The number of likely N-dealkylation sites (tertiary alicyclic amines) is 1. The van der Waals surface area contributed by atoms with Gasteiger partial charge >= 0.3 is 0 Å². The van der Waals surface area contributed by atoms with E-state index in [1.807, 2.05) is 0 Å². The number of hydrogen-bond donors (Lipinski definition) is 1. The second-order valence-electron chi connectivity index (χ2n) is 6.33. The van der Waals surface area contributed by atoms with Crippen LogP contribution in [-0.4, -0.2) is 35.8 Å². The number of rotatable bonds is 2. The Morgan fingerprint density at radius 2 is 1.94 bits per heavy atom. The third-order valence-corrected chi connectivity index (χ3v) is 4.65. The Labute approximate surface area is 102 Å². The van der Waals surface area contributed by atoms with Gasteiger partial charge < -0.3 is 5.32 Å². The lowest BCUT2D eigenvalue weighted by Crippen LogP contribution is -2.54. The van der Waals surface area contributed by atoms with Crippen LogP contribution in [-0.2, 0) is 9.59 Å². The molecule has 0 aromatic heterocycles. The van der Waals surface area contributed by atoms with Gasteiger partial charge in [0.25, 0.3) is 0 Å². The van der Waals surface area contributed by atoms with Gasteiger partial charge in [0.05, 0.1) is 11.8 Å². The van der Waals surface area contributed by atoms with Gasteiger partial charge in [0.1, 0.15) is 0 Å². The van der Waals surface area contributed by atoms with Crippen LogP contribution in [0.15, 0.2) is 0 Å². The number of hydrogen-bond acceptors (Lipinski definition) is 3. The van der Waals surface area contributed by atoms with Gasteiger partial charge in [0, 0.05) is 12.6 Å². The van der Waals surface area contributed by atoms with Crippen molar-refractivity contribution < 1.29 is 9.59 Å². The molecule has 0 aromatic rings. The first-order valence-electron chi connectivity index (χ1n) is 6.59. The molecular formula is C13H20N2O2. The SMILES string of the molecule is CC1(C)CCCNC1CN1C(=O)C2CC2C1=O. The van der Waals surface area contributed by atoms with Gasteiger partial charge in [0.15, 0.2) is 0 Å². The number of fused-ring (bicyclic) bond motifs is 1. The third kappa shape index (κ3) is 1.69. The lowest BCUT2D eigenvalue weighted by molar-refractivity contribution is -0.142. The number of nitrogens with one attached hydrogen (secondary N) is 1. The molecule has 3 aliphatic rings. The molecule has 0 bridgehead atoms. The molecule has 2 amide bonds. The summed E-state index contributed by atoms with van der Waals surface area (Å²) < 4.78 is 0. The summed E-state index contributed by atoms with van der Waals surface area (Å²) in [5, 5.41) is 3.46. The molecule has 0 radical (unpaired) electrons. The first kappa shape index (κ1) is 11.2. The molecule has 2 saturated heterocycles. The van der Waals surface area contributed by atoms with Crippen LogP contribution >= 0.6 is 0 Å². The van der Waals surface area contributed by atoms with Gasteiger partial charge in [-0.3, -0.25) is 14.5 Å². The highest BCUT2D eigenvalue weighted by Gasteiger charge is 2.59. The van der Waals surface area contributed by atoms with Crippen molar-refractivity contribution in [2.24, 2.45) is 17.3 Å². The molecule has 0 aromatic carbocycles. The largest absolute Gasteiger partial charge is 0.312 e. The van der Waals surface area contributed by atoms with Crippen LogP contribution in [0.3, 0.4) is 0 Å². The van der Waals surface area contributed by atoms with E-state index < -0.39 is 0 Å². The van der Waals surface area contributed by atoms with E-state index in [4.69, 9.17) is 0 Å². The topological polar surface area (TPSA) is 49.4 Å². The van der Waals surface area contributed by atoms with Gasteiger partial charge in [-0.15, -0.1) is 0 Å².